The van der Waals surface area contributed by atoms with Crippen molar-refractivity contribution in [1.82, 2.24) is 0 Å². The molecule has 6 heteroatoms. The number of benzene rings is 10. The molecule has 75 heavy (non-hydrogen) atoms. The van der Waals surface area contributed by atoms with Gasteiger partial charge in [-0.1, -0.05) is 193 Å². The number of anilines is 12. The summed E-state index contributed by atoms with van der Waals surface area (Å²) < 4.78 is 0. The van der Waals surface area contributed by atoms with Crippen LogP contribution in [0, 0.1) is 0 Å². The van der Waals surface area contributed by atoms with Crippen LogP contribution in [0.1, 0.15) is 76.0 Å². The van der Waals surface area contributed by atoms with E-state index in [-0.39, 0.29) is 13.4 Å². The van der Waals surface area contributed by atoms with Gasteiger partial charge >= 0.3 is 0 Å². The quantitative estimate of drug-likeness (QED) is 0.127. The highest BCUT2D eigenvalue weighted by Gasteiger charge is 2.47. The van der Waals surface area contributed by atoms with E-state index >= 15 is 0 Å². The Labute approximate surface area is 444 Å². The molecule has 4 nitrogen and oxygen atoms in total. The second kappa shape index (κ2) is 18.8. The molecule has 0 N–H and O–H groups in total. The van der Waals surface area contributed by atoms with Crippen LogP contribution in [0.15, 0.2) is 237 Å². The fourth-order valence-corrected chi connectivity index (χ4v) is 12.6. The molecule has 0 bridgehead atoms. The fraction of sp³-hybridized carbons (Fsp3) is 0.130. The summed E-state index contributed by atoms with van der Waals surface area (Å²) in [6.45, 7) is 14.1. The van der Waals surface area contributed by atoms with Crippen LogP contribution in [-0.2, 0) is 0 Å². The number of nitrogens with zero attached hydrogens (tertiary/aromatic N) is 4. The predicted molar refractivity (Wildman–Crippen MR) is 323 cm³/mol. The minimum Gasteiger partial charge on any atom is -0.311 e. The average molecular weight is 967 g/mol. The summed E-state index contributed by atoms with van der Waals surface area (Å²) in [5, 5.41) is 0. The monoisotopic (exact) mass is 967 g/mol. The van der Waals surface area contributed by atoms with Gasteiger partial charge in [0.2, 0.25) is 6.71 Å². The topological polar surface area (TPSA) is 13.0 Å². The molecule has 3 aliphatic rings. The van der Waals surface area contributed by atoms with Gasteiger partial charge in [-0.3, -0.25) is 0 Å². The standard InChI is InChI=1S/C69H60B2N4/c1-46(2)49-40-56(47(3)4)68(57(41-49)48(5)6)70-58-36-22-24-38-62(58)73(52-30-16-9-17-31-52)64-45-65-61(44-60(64)70)71-59-37-23-25-39-63(59)74(53-32-18-10-19-33-53)66-42-55(43-67(69(66)71)75(65)54-34-20-11-21-35-54)72(50-26-12-7-13-27-50)51-28-14-8-15-29-51/h7-48H,1-6H3. The molecule has 0 aromatic heterocycles. The largest absolute Gasteiger partial charge is 0.311 e. The first-order chi connectivity index (χ1) is 36.7. The summed E-state index contributed by atoms with van der Waals surface area (Å²) in [6, 6.07) is 88.4. The minimum atomic E-state index is -0.0946. The van der Waals surface area contributed by atoms with E-state index in [0.717, 1.165) is 39.8 Å². The number of rotatable bonds is 10. The van der Waals surface area contributed by atoms with Gasteiger partial charge in [0, 0.05) is 62.6 Å². The molecule has 3 heterocycles. The van der Waals surface area contributed by atoms with Crippen molar-refractivity contribution < 1.29 is 0 Å². The smallest absolute Gasteiger partial charge is 0.252 e. The van der Waals surface area contributed by atoms with Gasteiger partial charge in [-0.05, 0) is 153 Å². The van der Waals surface area contributed by atoms with Crippen molar-refractivity contribution >= 4 is 114 Å². The molecular weight excluding hydrogens is 906 g/mol. The van der Waals surface area contributed by atoms with Crippen molar-refractivity contribution in [3.63, 3.8) is 0 Å². The first-order valence-electron chi connectivity index (χ1n) is 26.9. The van der Waals surface area contributed by atoms with Crippen LogP contribution >= 0.6 is 0 Å². The van der Waals surface area contributed by atoms with Gasteiger partial charge in [0.15, 0.2) is 0 Å². The predicted octanol–water partition coefficient (Wildman–Crippen LogP) is 14.9. The lowest BCUT2D eigenvalue weighted by Crippen LogP contribution is -2.64. The Hall–Kier alpha value is -8.47. The number of hydrogen-bond acceptors (Lipinski definition) is 4. The van der Waals surface area contributed by atoms with E-state index in [1.54, 1.807) is 0 Å². The van der Waals surface area contributed by atoms with Gasteiger partial charge in [-0.2, -0.15) is 0 Å². The molecule has 0 amide bonds. The third kappa shape index (κ3) is 7.68. The van der Waals surface area contributed by atoms with Crippen molar-refractivity contribution in [3.05, 3.63) is 253 Å². The Morgan fingerprint density at radius 2 is 0.653 bits per heavy atom. The molecule has 0 radical (unpaired) electrons. The highest BCUT2D eigenvalue weighted by atomic mass is 15.2. The molecule has 0 aliphatic carbocycles. The van der Waals surface area contributed by atoms with E-state index in [4.69, 9.17) is 0 Å². The van der Waals surface area contributed by atoms with Gasteiger partial charge in [0.05, 0.1) is 5.69 Å². The summed E-state index contributed by atoms with van der Waals surface area (Å²) in [5.41, 5.74) is 26.0. The zero-order chi connectivity index (χ0) is 50.9. The molecule has 13 rings (SSSR count). The second-order valence-electron chi connectivity index (χ2n) is 21.4. The van der Waals surface area contributed by atoms with Gasteiger partial charge in [-0.15, -0.1) is 0 Å². The molecule has 362 valence electrons. The lowest BCUT2D eigenvalue weighted by Gasteiger charge is -2.46. The normalized spacial score (nSPS) is 13.2. The lowest BCUT2D eigenvalue weighted by atomic mass is 9.30. The van der Waals surface area contributed by atoms with E-state index in [1.807, 2.05) is 0 Å². The summed E-state index contributed by atoms with van der Waals surface area (Å²) in [5.74, 6) is 1.04. The van der Waals surface area contributed by atoms with Crippen molar-refractivity contribution in [2.24, 2.45) is 0 Å². The van der Waals surface area contributed by atoms with Crippen LogP contribution in [0.5, 0.6) is 0 Å². The number of fused-ring (bicyclic) bond motifs is 6. The van der Waals surface area contributed by atoms with Crippen molar-refractivity contribution in [3.8, 4) is 0 Å². The Bertz CT molecular complexity index is 3660. The zero-order valence-electron chi connectivity index (χ0n) is 43.7. The van der Waals surface area contributed by atoms with E-state index in [2.05, 4.69) is 298 Å². The molecule has 10 aromatic carbocycles. The fourth-order valence-electron chi connectivity index (χ4n) is 12.6. The van der Waals surface area contributed by atoms with E-state index in [1.165, 1.54) is 77.9 Å². The van der Waals surface area contributed by atoms with Crippen molar-refractivity contribution in [2.75, 3.05) is 19.6 Å². The van der Waals surface area contributed by atoms with Crippen LogP contribution in [-0.4, -0.2) is 13.4 Å². The van der Waals surface area contributed by atoms with Gasteiger partial charge in [0.25, 0.3) is 6.71 Å². The second-order valence-corrected chi connectivity index (χ2v) is 21.4. The maximum absolute atomic E-state index is 2.65. The van der Waals surface area contributed by atoms with Gasteiger partial charge < -0.3 is 19.6 Å². The molecule has 0 atom stereocenters. The first-order valence-corrected chi connectivity index (χ1v) is 26.9. The van der Waals surface area contributed by atoms with Gasteiger partial charge in [0.1, 0.15) is 0 Å². The summed E-state index contributed by atoms with van der Waals surface area (Å²) in [7, 11) is 0. The average Bonchev–Trinajstić information content (AvgIpc) is 3.47. The zero-order valence-corrected chi connectivity index (χ0v) is 43.7. The van der Waals surface area contributed by atoms with Crippen LogP contribution in [0.4, 0.5) is 68.2 Å². The Morgan fingerprint density at radius 1 is 0.293 bits per heavy atom. The number of para-hydroxylation sites is 7. The molecule has 0 saturated heterocycles. The number of hydrogen-bond donors (Lipinski definition) is 0. The third-order valence-electron chi connectivity index (χ3n) is 15.9. The van der Waals surface area contributed by atoms with Crippen molar-refractivity contribution in [2.45, 2.75) is 59.3 Å². The van der Waals surface area contributed by atoms with E-state index in [9.17, 15) is 0 Å². The molecule has 0 spiro atoms. The SMILES string of the molecule is CC(C)c1cc(C(C)C)c(B2c3ccccc3N(c3ccccc3)c3cc4c(cc32)B2c3ccccc3N(c3ccccc3)c3cc(N(c5ccccc5)c5ccccc5)cc(c32)N4c2ccccc2)c(C(C)C)c1. The first kappa shape index (κ1) is 46.3. The Kier molecular flexibility index (Phi) is 11.6. The highest BCUT2D eigenvalue weighted by molar-refractivity contribution is 7.02. The lowest BCUT2D eigenvalue weighted by molar-refractivity contribution is 0.812. The molecular formula is C69H60B2N4. The summed E-state index contributed by atoms with van der Waals surface area (Å²) in [4.78, 5) is 10.1. The van der Waals surface area contributed by atoms with Gasteiger partial charge in [-0.25, -0.2) is 0 Å². The van der Waals surface area contributed by atoms with Crippen LogP contribution < -0.4 is 52.4 Å². The maximum atomic E-state index is 2.65. The molecule has 0 saturated carbocycles. The molecule has 0 fully saturated rings. The molecule has 10 aromatic rings. The van der Waals surface area contributed by atoms with Crippen LogP contribution in [0.25, 0.3) is 0 Å². The summed E-state index contributed by atoms with van der Waals surface area (Å²) in [6.07, 6.45) is 0. The minimum absolute atomic E-state index is 0.0316. The van der Waals surface area contributed by atoms with Crippen LogP contribution in [0.2, 0.25) is 0 Å². The molecule has 0 unspecified atom stereocenters. The van der Waals surface area contributed by atoms with E-state index < -0.39 is 0 Å². The van der Waals surface area contributed by atoms with Crippen molar-refractivity contribution in [1.29, 1.82) is 0 Å². The third-order valence-corrected chi connectivity index (χ3v) is 15.9. The highest BCUT2D eigenvalue weighted by Crippen LogP contribution is 2.49. The Balaban J connectivity index is 1.18. The maximum Gasteiger partial charge on any atom is 0.252 e. The van der Waals surface area contributed by atoms with Crippen LogP contribution in [0.3, 0.4) is 0 Å². The molecule has 3 aliphatic heterocycles. The van der Waals surface area contributed by atoms with E-state index in [0.29, 0.717) is 17.8 Å². The Morgan fingerprint density at radius 3 is 1.07 bits per heavy atom. The summed E-state index contributed by atoms with van der Waals surface area (Å²) >= 11 is 0.